The van der Waals surface area contributed by atoms with Crippen LogP contribution in [0, 0.1) is 11.5 Å². The predicted octanol–water partition coefficient (Wildman–Crippen LogP) is 4.96. The van der Waals surface area contributed by atoms with Crippen molar-refractivity contribution in [2.24, 2.45) is 0 Å². The molecule has 1 aromatic rings. The van der Waals surface area contributed by atoms with Crippen LogP contribution in [-0.4, -0.2) is 16.5 Å². The van der Waals surface area contributed by atoms with Gasteiger partial charge in [-0.05, 0) is 44.4 Å². The Morgan fingerprint density at radius 3 is 2.35 bits per heavy atom. The molecule has 0 fully saturated rings. The molecule has 23 heavy (non-hydrogen) atoms. The summed E-state index contributed by atoms with van der Waals surface area (Å²) in [6.07, 6.45) is 4.73. The monoisotopic (exact) mass is 346 g/mol. The van der Waals surface area contributed by atoms with E-state index in [1.54, 1.807) is 37.3 Å². The van der Waals surface area contributed by atoms with Crippen LogP contribution in [0.5, 0.6) is 0 Å². The van der Waals surface area contributed by atoms with E-state index in [1.807, 2.05) is 6.07 Å². The number of rotatable bonds is 6. The maximum Gasteiger partial charge on any atom is 0.210 e. The van der Waals surface area contributed by atoms with E-state index in [0.717, 1.165) is 19.3 Å². The molecule has 1 rings (SSSR count). The molecule has 0 aromatic heterocycles. The average Bonchev–Trinajstić information content (AvgIpc) is 2.49. The molecule has 2 nitrogen and oxygen atoms in total. The third-order valence-electron chi connectivity index (χ3n) is 3.10. The standard InChI is InChI=1S/C19H26O2SSi/c1-5-13-18(14-9-6-7-12-17-23(2,3)4)22(20,21)19-15-10-8-11-16-19/h5,8,10-11,15-16H,6-7,9,14H2,1-4H3. The highest BCUT2D eigenvalue weighted by atomic mass is 32.2. The van der Waals surface area contributed by atoms with E-state index in [1.165, 1.54) is 0 Å². The van der Waals surface area contributed by atoms with Crippen molar-refractivity contribution in [1.82, 2.24) is 0 Å². The number of allylic oxidation sites excluding steroid dienone is 1. The van der Waals surface area contributed by atoms with Gasteiger partial charge in [0.1, 0.15) is 8.07 Å². The zero-order chi connectivity index (χ0) is 17.3. The first-order valence-electron chi connectivity index (χ1n) is 7.98. The molecular formula is C19H26O2SSi. The van der Waals surface area contributed by atoms with Crippen LogP contribution in [0.25, 0.3) is 0 Å². The molecule has 0 bridgehead atoms. The minimum atomic E-state index is -3.43. The summed E-state index contributed by atoms with van der Waals surface area (Å²) in [5.41, 5.74) is 6.24. The molecule has 4 heteroatoms. The SMILES string of the molecule is CC=C=C(CCCCC#C[Si](C)(C)C)S(=O)(=O)c1ccccc1. The average molecular weight is 347 g/mol. The molecule has 0 atom stereocenters. The summed E-state index contributed by atoms with van der Waals surface area (Å²) in [4.78, 5) is 0.701. The molecule has 124 valence electrons. The van der Waals surface area contributed by atoms with Crippen molar-refractivity contribution in [3.8, 4) is 11.5 Å². The highest BCUT2D eigenvalue weighted by molar-refractivity contribution is 7.95. The fourth-order valence-corrected chi connectivity index (χ4v) is 4.15. The van der Waals surface area contributed by atoms with Crippen LogP contribution in [0.4, 0.5) is 0 Å². The number of benzene rings is 1. The van der Waals surface area contributed by atoms with Crippen molar-refractivity contribution in [2.75, 3.05) is 0 Å². The highest BCUT2D eigenvalue weighted by Gasteiger charge is 2.19. The summed E-state index contributed by atoms with van der Waals surface area (Å²) < 4.78 is 25.3. The maximum absolute atomic E-state index is 12.6. The van der Waals surface area contributed by atoms with Crippen molar-refractivity contribution in [2.45, 2.75) is 57.1 Å². The van der Waals surface area contributed by atoms with Crippen LogP contribution in [0.3, 0.4) is 0 Å². The van der Waals surface area contributed by atoms with Crippen LogP contribution in [-0.2, 0) is 9.84 Å². The van der Waals surface area contributed by atoms with Crippen molar-refractivity contribution in [3.05, 3.63) is 47.0 Å². The Morgan fingerprint density at radius 1 is 1.13 bits per heavy atom. The largest absolute Gasteiger partial charge is 0.218 e. The van der Waals surface area contributed by atoms with E-state index < -0.39 is 17.9 Å². The van der Waals surface area contributed by atoms with Crippen LogP contribution in [0.1, 0.15) is 32.6 Å². The smallest absolute Gasteiger partial charge is 0.210 e. The molecule has 0 radical (unpaired) electrons. The van der Waals surface area contributed by atoms with E-state index in [2.05, 4.69) is 36.8 Å². The van der Waals surface area contributed by atoms with Crippen LogP contribution < -0.4 is 0 Å². The molecule has 0 saturated heterocycles. The topological polar surface area (TPSA) is 34.1 Å². The number of hydrogen-bond acceptors (Lipinski definition) is 2. The lowest BCUT2D eigenvalue weighted by Crippen LogP contribution is -2.16. The normalized spacial score (nSPS) is 11.1. The lowest BCUT2D eigenvalue weighted by atomic mass is 10.2. The minimum absolute atomic E-state index is 0.336. The zero-order valence-corrected chi connectivity index (χ0v) is 16.3. The number of sulfone groups is 1. The molecular weight excluding hydrogens is 320 g/mol. The molecule has 0 aliphatic carbocycles. The Kier molecular flexibility index (Phi) is 7.58. The fraction of sp³-hybridized carbons (Fsp3) is 0.421. The van der Waals surface area contributed by atoms with Gasteiger partial charge in [-0.3, -0.25) is 0 Å². The lowest BCUT2D eigenvalue weighted by molar-refractivity contribution is 0.598. The van der Waals surface area contributed by atoms with Crippen LogP contribution in [0.2, 0.25) is 19.6 Å². The fourth-order valence-electron chi connectivity index (χ4n) is 2.01. The van der Waals surface area contributed by atoms with Crippen molar-refractivity contribution in [3.63, 3.8) is 0 Å². The molecule has 0 N–H and O–H groups in total. The third kappa shape index (κ3) is 7.05. The summed E-state index contributed by atoms with van der Waals surface area (Å²) >= 11 is 0. The van der Waals surface area contributed by atoms with Gasteiger partial charge in [0.25, 0.3) is 0 Å². The third-order valence-corrected chi connectivity index (χ3v) is 5.89. The Labute approximate surface area is 142 Å². The molecule has 0 heterocycles. The molecule has 0 amide bonds. The first-order chi connectivity index (χ1) is 10.8. The van der Waals surface area contributed by atoms with E-state index in [-0.39, 0.29) is 0 Å². The van der Waals surface area contributed by atoms with Crippen molar-refractivity contribution >= 4 is 17.9 Å². The molecule has 0 unspecified atom stereocenters. The number of unbranched alkanes of at least 4 members (excludes halogenated alkanes) is 2. The second-order valence-electron chi connectivity index (χ2n) is 6.43. The minimum Gasteiger partial charge on any atom is -0.218 e. The van der Waals surface area contributed by atoms with Crippen molar-refractivity contribution in [1.29, 1.82) is 0 Å². The Hall–Kier alpha value is -1.53. The lowest BCUT2D eigenvalue weighted by Gasteiger charge is -2.07. The summed E-state index contributed by atoms with van der Waals surface area (Å²) in [6.45, 7) is 8.46. The molecule has 0 spiro atoms. The summed E-state index contributed by atoms with van der Waals surface area (Å²) in [7, 11) is -4.74. The number of hydrogen-bond donors (Lipinski definition) is 0. The highest BCUT2D eigenvalue weighted by Crippen LogP contribution is 2.22. The van der Waals surface area contributed by atoms with Crippen LogP contribution >= 0.6 is 0 Å². The Balaban J connectivity index is 2.71. The van der Waals surface area contributed by atoms with Gasteiger partial charge in [0, 0.05) is 6.42 Å². The van der Waals surface area contributed by atoms with Crippen molar-refractivity contribution < 1.29 is 8.42 Å². The van der Waals surface area contributed by atoms with Gasteiger partial charge in [-0.1, -0.05) is 37.8 Å². The quantitative estimate of drug-likeness (QED) is 0.316. The van der Waals surface area contributed by atoms with E-state index in [4.69, 9.17) is 0 Å². The Bertz CT molecular complexity index is 723. The molecule has 0 aliphatic heterocycles. The Morgan fingerprint density at radius 2 is 1.78 bits per heavy atom. The summed E-state index contributed by atoms with van der Waals surface area (Å²) in [5, 5.41) is 0. The molecule has 0 saturated carbocycles. The predicted molar refractivity (Wildman–Crippen MR) is 100 cm³/mol. The molecule has 0 aliphatic rings. The second kappa shape index (κ2) is 8.93. The summed E-state index contributed by atoms with van der Waals surface area (Å²) in [6, 6.07) is 8.56. The van der Waals surface area contributed by atoms with Gasteiger partial charge in [0.05, 0.1) is 9.80 Å². The zero-order valence-electron chi connectivity index (χ0n) is 14.5. The van der Waals surface area contributed by atoms with E-state index >= 15 is 0 Å². The van der Waals surface area contributed by atoms with Gasteiger partial charge >= 0.3 is 0 Å². The van der Waals surface area contributed by atoms with Gasteiger partial charge in [-0.15, -0.1) is 17.2 Å². The maximum atomic E-state index is 12.6. The van der Waals surface area contributed by atoms with Gasteiger partial charge in [-0.25, -0.2) is 8.42 Å². The van der Waals surface area contributed by atoms with Gasteiger partial charge in [-0.2, -0.15) is 0 Å². The van der Waals surface area contributed by atoms with Crippen LogP contribution in [0.15, 0.2) is 51.9 Å². The first kappa shape index (κ1) is 19.5. The second-order valence-corrected chi connectivity index (χ2v) is 13.2. The first-order valence-corrected chi connectivity index (χ1v) is 13.0. The summed E-state index contributed by atoms with van der Waals surface area (Å²) in [5.74, 6) is 3.23. The van der Waals surface area contributed by atoms with E-state index in [0.29, 0.717) is 16.2 Å². The van der Waals surface area contributed by atoms with Gasteiger partial charge in [0.2, 0.25) is 9.84 Å². The van der Waals surface area contributed by atoms with Gasteiger partial charge in [0.15, 0.2) is 0 Å². The molecule has 1 aromatic carbocycles. The van der Waals surface area contributed by atoms with Gasteiger partial charge < -0.3 is 0 Å². The van der Waals surface area contributed by atoms with E-state index in [9.17, 15) is 8.42 Å².